The second kappa shape index (κ2) is 3.87. The third-order valence-electron chi connectivity index (χ3n) is 1.33. The van der Waals surface area contributed by atoms with Crippen molar-refractivity contribution >= 4 is 0 Å². The minimum atomic E-state index is 0.00861. The highest BCUT2D eigenvalue weighted by Crippen LogP contribution is 1.89. The van der Waals surface area contributed by atoms with Gasteiger partial charge >= 0.3 is 0 Å². The van der Waals surface area contributed by atoms with Crippen molar-refractivity contribution in [3.63, 3.8) is 0 Å². The van der Waals surface area contributed by atoms with Crippen molar-refractivity contribution in [2.75, 3.05) is 20.2 Å². The highest BCUT2D eigenvalue weighted by atomic mass is 16.3. The predicted molar refractivity (Wildman–Crippen MR) is 33.3 cm³/mol. The average Bonchev–Trinajstić information content (AvgIpc) is 1.67. The maximum Gasteiger partial charge on any atom is 0.0949 e. The van der Waals surface area contributed by atoms with Crippen molar-refractivity contribution in [1.82, 2.24) is 4.90 Å². The maximum absolute atomic E-state index is 10.0. The van der Waals surface area contributed by atoms with Crippen molar-refractivity contribution in [3.05, 3.63) is 0 Å². The van der Waals surface area contributed by atoms with E-state index in [1.165, 1.54) is 0 Å². The molecule has 0 saturated carbocycles. The molecule has 0 aromatic heterocycles. The second-order valence-electron chi connectivity index (χ2n) is 2.28. The van der Waals surface area contributed by atoms with Crippen molar-refractivity contribution in [2.24, 2.45) is 0 Å². The van der Waals surface area contributed by atoms with Gasteiger partial charge in [-0.25, -0.2) is 5.11 Å². The summed E-state index contributed by atoms with van der Waals surface area (Å²) in [6.07, 6.45) is 0. The summed E-state index contributed by atoms with van der Waals surface area (Å²) in [6, 6.07) is 0.504. The van der Waals surface area contributed by atoms with Crippen LogP contribution >= 0.6 is 0 Å². The number of hydrogen-bond acceptors (Lipinski definition) is 1. The molecule has 1 radical (unpaired) electrons. The normalized spacial score (nSPS) is 11.2. The molecule has 8 heavy (non-hydrogen) atoms. The molecule has 49 valence electrons. The summed E-state index contributed by atoms with van der Waals surface area (Å²) in [5.41, 5.74) is 0. The van der Waals surface area contributed by atoms with Gasteiger partial charge < -0.3 is 4.90 Å². The van der Waals surface area contributed by atoms with Gasteiger partial charge in [-0.3, -0.25) is 0 Å². The Labute approximate surface area is 51.1 Å². The fourth-order valence-electron chi connectivity index (χ4n) is 0.402. The van der Waals surface area contributed by atoms with Gasteiger partial charge in [-0.2, -0.15) is 0 Å². The van der Waals surface area contributed by atoms with Crippen molar-refractivity contribution < 1.29 is 5.11 Å². The van der Waals surface area contributed by atoms with E-state index >= 15 is 0 Å². The molecule has 0 aromatic carbocycles. The summed E-state index contributed by atoms with van der Waals surface area (Å²) in [7, 11) is 1.96. The maximum atomic E-state index is 10.0. The van der Waals surface area contributed by atoms with Gasteiger partial charge in [0.15, 0.2) is 0 Å². The van der Waals surface area contributed by atoms with Crippen LogP contribution in [0, 0.1) is 0 Å². The van der Waals surface area contributed by atoms with Gasteiger partial charge in [0.05, 0.1) is 6.61 Å². The van der Waals surface area contributed by atoms with E-state index in [4.69, 9.17) is 0 Å². The first-order valence-corrected chi connectivity index (χ1v) is 2.97. The summed E-state index contributed by atoms with van der Waals surface area (Å²) in [6.45, 7) is 4.83. The van der Waals surface area contributed by atoms with Crippen LogP contribution in [-0.2, 0) is 5.11 Å². The Balaban J connectivity index is 3.17. The highest BCUT2D eigenvalue weighted by molar-refractivity contribution is 4.53. The Hall–Kier alpha value is -0.0800. The molecule has 0 aliphatic heterocycles. The van der Waals surface area contributed by atoms with E-state index in [1.807, 2.05) is 11.9 Å². The van der Waals surface area contributed by atoms with Crippen LogP contribution < -0.4 is 0 Å². The molecule has 0 saturated heterocycles. The van der Waals surface area contributed by atoms with Gasteiger partial charge in [0.1, 0.15) is 0 Å². The van der Waals surface area contributed by atoms with E-state index in [-0.39, 0.29) is 6.61 Å². The standard InChI is InChI=1S/C6H14NO/c1-6(2)7(3)4-5-8/h6H,4-5H2,1-3H3. The third kappa shape index (κ3) is 2.99. The van der Waals surface area contributed by atoms with Gasteiger partial charge in [-0.1, -0.05) is 0 Å². The number of rotatable bonds is 3. The van der Waals surface area contributed by atoms with Crippen LogP contribution in [0.25, 0.3) is 0 Å². The van der Waals surface area contributed by atoms with E-state index in [0.29, 0.717) is 12.6 Å². The highest BCUT2D eigenvalue weighted by Gasteiger charge is 1.99. The molecular weight excluding hydrogens is 102 g/mol. The number of hydrogen-bond donors (Lipinski definition) is 0. The van der Waals surface area contributed by atoms with E-state index < -0.39 is 0 Å². The van der Waals surface area contributed by atoms with Crippen molar-refractivity contribution in [1.29, 1.82) is 0 Å². The van der Waals surface area contributed by atoms with Crippen LogP contribution in [0.4, 0.5) is 0 Å². The molecule has 2 nitrogen and oxygen atoms in total. The van der Waals surface area contributed by atoms with Gasteiger partial charge in [0.25, 0.3) is 0 Å². The number of nitrogens with zero attached hydrogens (tertiary/aromatic N) is 1. The average molecular weight is 116 g/mol. The molecule has 0 aliphatic rings. The first-order chi connectivity index (χ1) is 3.68. The lowest BCUT2D eigenvalue weighted by Crippen LogP contribution is -2.28. The molecule has 0 aromatic rings. The lowest BCUT2D eigenvalue weighted by Gasteiger charge is -2.18. The van der Waals surface area contributed by atoms with E-state index in [9.17, 15) is 5.11 Å². The molecule has 0 spiro atoms. The van der Waals surface area contributed by atoms with Gasteiger partial charge in [0.2, 0.25) is 0 Å². The fraction of sp³-hybridized carbons (Fsp3) is 1.00. The number of likely N-dealkylation sites (N-methyl/N-ethyl adjacent to an activating group) is 1. The Morgan fingerprint density at radius 2 is 2.00 bits per heavy atom. The molecule has 0 fully saturated rings. The molecule has 0 atom stereocenters. The molecule has 0 amide bonds. The van der Waals surface area contributed by atoms with Gasteiger partial charge in [-0.15, -0.1) is 0 Å². The van der Waals surface area contributed by atoms with Crippen molar-refractivity contribution in [3.8, 4) is 0 Å². The summed E-state index contributed by atoms with van der Waals surface area (Å²) in [4.78, 5) is 2.03. The van der Waals surface area contributed by atoms with E-state index in [1.54, 1.807) is 0 Å². The molecule has 0 heterocycles. The summed E-state index contributed by atoms with van der Waals surface area (Å²) < 4.78 is 0. The largest absolute Gasteiger partial charge is 0.302 e. The first-order valence-electron chi connectivity index (χ1n) is 2.97. The predicted octanol–water partition coefficient (Wildman–Crippen LogP) is 0.757. The van der Waals surface area contributed by atoms with E-state index in [2.05, 4.69) is 13.8 Å². The van der Waals surface area contributed by atoms with Crippen LogP contribution in [0.1, 0.15) is 13.8 Å². The smallest absolute Gasteiger partial charge is 0.0949 e. The third-order valence-corrected chi connectivity index (χ3v) is 1.33. The Bertz CT molecular complexity index is 54.5. The van der Waals surface area contributed by atoms with E-state index in [0.717, 1.165) is 0 Å². The SMILES string of the molecule is CC(C)N(C)CC[O]. The zero-order valence-corrected chi connectivity index (χ0v) is 5.85. The Kier molecular flexibility index (Phi) is 3.83. The van der Waals surface area contributed by atoms with Crippen LogP contribution in [-0.4, -0.2) is 31.1 Å². The zero-order chi connectivity index (χ0) is 6.57. The molecule has 0 aliphatic carbocycles. The topological polar surface area (TPSA) is 23.1 Å². The van der Waals surface area contributed by atoms with Gasteiger partial charge in [0, 0.05) is 12.6 Å². The molecule has 0 rings (SSSR count). The monoisotopic (exact) mass is 116 g/mol. The Morgan fingerprint density at radius 3 is 2.12 bits per heavy atom. The second-order valence-corrected chi connectivity index (χ2v) is 2.28. The summed E-state index contributed by atoms with van der Waals surface area (Å²) in [5.74, 6) is 0. The minimum Gasteiger partial charge on any atom is -0.302 e. The fourth-order valence-corrected chi connectivity index (χ4v) is 0.402. The minimum absolute atomic E-state index is 0.00861. The lowest BCUT2D eigenvalue weighted by molar-refractivity contribution is 0.140. The molecular formula is C6H14NO. The zero-order valence-electron chi connectivity index (χ0n) is 5.85. The van der Waals surface area contributed by atoms with Crippen LogP contribution in [0.5, 0.6) is 0 Å². The summed E-state index contributed by atoms with van der Waals surface area (Å²) in [5, 5.41) is 10.0. The van der Waals surface area contributed by atoms with Crippen LogP contribution in [0.3, 0.4) is 0 Å². The molecule has 0 bridgehead atoms. The lowest BCUT2D eigenvalue weighted by atomic mass is 10.3. The molecule has 2 heteroatoms. The summed E-state index contributed by atoms with van der Waals surface area (Å²) >= 11 is 0. The van der Waals surface area contributed by atoms with Gasteiger partial charge in [-0.05, 0) is 20.9 Å². The molecule has 0 N–H and O–H groups in total. The first kappa shape index (κ1) is 7.92. The van der Waals surface area contributed by atoms with Crippen LogP contribution in [0.15, 0.2) is 0 Å². The quantitative estimate of drug-likeness (QED) is 0.534. The molecule has 0 unspecified atom stereocenters. The van der Waals surface area contributed by atoms with Crippen molar-refractivity contribution in [2.45, 2.75) is 19.9 Å². The van der Waals surface area contributed by atoms with Crippen LogP contribution in [0.2, 0.25) is 0 Å². The Morgan fingerprint density at radius 1 is 1.50 bits per heavy atom.